The molecule has 92 valence electrons. The van der Waals surface area contributed by atoms with E-state index in [4.69, 9.17) is 4.74 Å². The van der Waals surface area contributed by atoms with Crippen molar-refractivity contribution in [3.05, 3.63) is 23.8 Å². The molecule has 0 radical (unpaired) electrons. The molecule has 0 saturated heterocycles. The van der Waals surface area contributed by atoms with Crippen molar-refractivity contribution in [1.82, 2.24) is 0 Å². The molecule has 2 rings (SSSR count). The standard InChI is InChI=1S/C13H17NO3/c1-9(17-2)13(16)14-8-4-6-10-5-3-7-11(15)12(10)14/h3,5,7,9,15H,4,6,8H2,1-2H3. The summed E-state index contributed by atoms with van der Waals surface area (Å²) in [5.41, 5.74) is 1.67. The summed E-state index contributed by atoms with van der Waals surface area (Å²) in [6, 6.07) is 5.37. The Morgan fingerprint density at radius 3 is 3.00 bits per heavy atom. The largest absolute Gasteiger partial charge is 0.506 e. The molecule has 1 N–H and O–H groups in total. The van der Waals surface area contributed by atoms with E-state index in [1.54, 1.807) is 17.9 Å². The zero-order valence-electron chi connectivity index (χ0n) is 10.1. The molecule has 1 aliphatic heterocycles. The Hall–Kier alpha value is -1.55. The Labute approximate surface area is 101 Å². The van der Waals surface area contributed by atoms with Crippen LogP contribution in [0.1, 0.15) is 18.9 Å². The van der Waals surface area contributed by atoms with Crippen LogP contribution in [0, 0.1) is 0 Å². The number of nitrogens with zero attached hydrogens (tertiary/aromatic N) is 1. The van der Waals surface area contributed by atoms with Gasteiger partial charge in [0.2, 0.25) is 0 Å². The average Bonchev–Trinajstić information content (AvgIpc) is 2.36. The smallest absolute Gasteiger partial charge is 0.255 e. The van der Waals surface area contributed by atoms with Crippen LogP contribution >= 0.6 is 0 Å². The van der Waals surface area contributed by atoms with Gasteiger partial charge in [0, 0.05) is 13.7 Å². The Kier molecular flexibility index (Phi) is 3.33. The fraction of sp³-hybridized carbons (Fsp3) is 0.462. The lowest BCUT2D eigenvalue weighted by Crippen LogP contribution is -2.41. The van der Waals surface area contributed by atoms with E-state index in [2.05, 4.69) is 0 Å². The number of amides is 1. The maximum absolute atomic E-state index is 12.1. The second kappa shape index (κ2) is 4.75. The van der Waals surface area contributed by atoms with Crippen LogP contribution in [0.15, 0.2) is 18.2 Å². The third-order valence-corrected chi connectivity index (χ3v) is 3.16. The van der Waals surface area contributed by atoms with Crippen LogP contribution < -0.4 is 4.90 Å². The Bertz CT molecular complexity index is 431. The fourth-order valence-electron chi connectivity index (χ4n) is 2.17. The molecule has 1 atom stereocenters. The summed E-state index contributed by atoms with van der Waals surface area (Å²) in [4.78, 5) is 13.8. The van der Waals surface area contributed by atoms with Crippen LogP contribution in [0.2, 0.25) is 0 Å². The first kappa shape index (κ1) is 11.9. The number of hydrogen-bond donors (Lipinski definition) is 1. The molecule has 0 bridgehead atoms. The number of para-hydroxylation sites is 1. The number of hydrogen-bond acceptors (Lipinski definition) is 3. The Morgan fingerprint density at radius 2 is 2.29 bits per heavy atom. The van der Waals surface area contributed by atoms with E-state index in [1.165, 1.54) is 7.11 Å². The van der Waals surface area contributed by atoms with Crippen LogP contribution in [0.5, 0.6) is 5.75 Å². The van der Waals surface area contributed by atoms with Gasteiger partial charge in [-0.05, 0) is 31.4 Å². The number of methoxy groups -OCH3 is 1. The van der Waals surface area contributed by atoms with E-state index in [0.29, 0.717) is 12.2 Å². The molecule has 17 heavy (non-hydrogen) atoms. The van der Waals surface area contributed by atoms with Gasteiger partial charge in [-0.3, -0.25) is 4.79 Å². The fourth-order valence-corrected chi connectivity index (χ4v) is 2.17. The molecule has 1 aromatic rings. The van der Waals surface area contributed by atoms with E-state index >= 15 is 0 Å². The van der Waals surface area contributed by atoms with Crippen molar-refractivity contribution in [2.75, 3.05) is 18.6 Å². The summed E-state index contributed by atoms with van der Waals surface area (Å²) in [6.07, 6.45) is 1.33. The normalized spacial score (nSPS) is 16.5. The van der Waals surface area contributed by atoms with Gasteiger partial charge in [-0.25, -0.2) is 0 Å². The lowest BCUT2D eigenvalue weighted by Gasteiger charge is -2.31. The molecule has 1 aliphatic rings. The van der Waals surface area contributed by atoms with E-state index in [-0.39, 0.29) is 11.7 Å². The average molecular weight is 235 g/mol. The number of aryl methyl sites for hydroxylation is 1. The number of rotatable bonds is 2. The molecule has 0 spiro atoms. The Morgan fingerprint density at radius 1 is 1.53 bits per heavy atom. The summed E-state index contributed by atoms with van der Waals surface area (Å²) in [5.74, 6) is 0.0637. The van der Waals surface area contributed by atoms with Crippen LogP contribution in [0.25, 0.3) is 0 Å². The maximum atomic E-state index is 12.1. The number of anilines is 1. The van der Waals surface area contributed by atoms with E-state index in [9.17, 15) is 9.90 Å². The molecule has 4 nitrogen and oxygen atoms in total. The summed E-state index contributed by atoms with van der Waals surface area (Å²) < 4.78 is 5.05. The van der Waals surface area contributed by atoms with Gasteiger partial charge < -0.3 is 14.7 Å². The second-order valence-electron chi connectivity index (χ2n) is 4.26. The number of carbonyl (C=O) groups excluding carboxylic acids is 1. The molecule has 0 saturated carbocycles. The molecule has 0 aliphatic carbocycles. The molecular weight excluding hydrogens is 218 g/mol. The number of phenols is 1. The van der Waals surface area contributed by atoms with E-state index in [0.717, 1.165) is 18.4 Å². The Balaban J connectivity index is 2.37. The maximum Gasteiger partial charge on any atom is 0.255 e. The second-order valence-corrected chi connectivity index (χ2v) is 4.26. The van der Waals surface area contributed by atoms with Gasteiger partial charge in [-0.15, -0.1) is 0 Å². The summed E-state index contributed by atoms with van der Waals surface area (Å²) in [5, 5.41) is 9.90. The lowest BCUT2D eigenvalue weighted by molar-refractivity contribution is -0.127. The van der Waals surface area contributed by atoms with Crippen LogP contribution in [-0.2, 0) is 16.0 Å². The number of benzene rings is 1. The highest BCUT2D eigenvalue weighted by Gasteiger charge is 2.28. The van der Waals surface area contributed by atoms with Crippen molar-refractivity contribution in [3.8, 4) is 5.75 Å². The predicted octanol–water partition coefficient (Wildman–Crippen LogP) is 1.71. The van der Waals surface area contributed by atoms with E-state index < -0.39 is 6.10 Å². The van der Waals surface area contributed by atoms with Crippen LogP contribution in [-0.4, -0.2) is 30.8 Å². The van der Waals surface area contributed by atoms with Gasteiger partial charge in [-0.1, -0.05) is 12.1 Å². The third-order valence-electron chi connectivity index (χ3n) is 3.16. The minimum Gasteiger partial charge on any atom is -0.506 e. The summed E-state index contributed by atoms with van der Waals surface area (Å²) in [7, 11) is 1.51. The van der Waals surface area contributed by atoms with Crippen molar-refractivity contribution < 1.29 is 14.6 Å². The van der Waals surface area contributed by atoms with Crippen LogP contribution in [0.4, 0.5) is 5.69 Å². The monoisotopic (exact) mass is 235 g/mol. The molecule has 1 heterocycles. The number of aromatic hydroxyl groups is 1. The molecule has 4 heteroatoms. The van der Waals surface area contributed by atoms with Crippen LogP contribution in [0.3, 0.4) is 0 Å². The summed E-state index contributed by atoms with van der Waals surface area (Å²) >= 11 is 0. The van der Waals surface area contributed by atoms with Gasteiger partial charge in [0.25, 0.3) is 5.91 Å². The number of carbonyl (C=O) groups is 1. The number of phenolic OH excluding ortho intramolecular Hbond substituents is 1. The quantitative estimate of drug-likeness (QED) is 0.849. The van der Waals surface area contributed by atoms with Gasteiger partial charge in [0.1, 0.15) is 11.9 Å². The van der Waals surface area contributed by atoms with Gasteiger partial charge >= 0.3 is 0 Å². The highest BCUT2D eigenvalue weighted by Crippen LogP contribution is 2.35. The molecule has 0 aromatic heterocycles. The minimum absolute atomic E-state index is 0.102. The summed E-state index contributed by atoms with van der Waals surface area (Å²) in [6.45, 7) is 2.35. The van der Waals surface area contributed by atoms with Gasteiger partial charge in [-0.2, -0.15) is 0 Å². The number of fused-ring (bicyclic) bond motifs is 1. The van der Waals surface area contributed by atoms with Gasteiger partial charge in [0.15, 0.2) is 0 Å². The van der Waals surface area contributed by atoms with Crippen molar-refractivity contribution >= 4 is 11.6 Å². The minimum atomic E-state index is -0.486. The topological polar surface area (TPSA) is 49.8 Å². The predicted molar refractivity (Wildman–Crippen MR) is 65.3 cm³/mol. The molecular formula is C13H17NO3. The molecule has 0 fully saturated rings. The molecule has 1 aromatic carbocycles. The van der Waals surface area contributed by atoms with Crippen molar-refractivity contribution in [2.24, 2.45) is 0 Å². The van der Waals surface area contributed by atoms with Gasteiger partial charge in [0.05, 0.1) is 5.69 Å². The van der Waals surface area contributed by atoms with Crippen molar-refractivity contribution in [1.29, 1.82) is 0 Å². The first-order valence-electron chi connectivity index (χ1n) is 5.80. The van der Waals surface area contributed by atoms with E-state index in [1.807, 2.05) is 12.1 Å². The molecule has 1 amide bonds. The zero-order chi connectivity index (χ0) is 12.4. The van der Waals surface area contributed by atoms with Crippen molar-refractivity contribution in [3.63, 3.8) is 0 Å². The number of ether oxygens (including phenoxy) is 1. The SMILES string of the molecule is COC(C)C(=O)N1CCCc2cccc(O)c21. The first-order valence-corrected chi connectivity index (χ1v) is 5.80. The first-order chi connectivity index (χ1) is 8.15. The lowest BCUT2D eigenvalue weighted by atomic mass is 10.0. The molecule has 1 unspecified atom stereocenters. The van der Waals surface area contributed by atoms with Crippen molar-refractivity contribution in [2.45, 2.75) is 25.9 Å². The highest BCUT2D eigenvalue weighted by molar-refractivity contribution is 5.98. The third kappa shape index (κ3) is 2.13. The zero-order valence-corrected chi connectivity index (χ0v) is 10.1. The highest BCUT2D eigenvalue weighted by atomic mass is 16.5.